The largest absolute Gasteiger partial charge is 0.466 e. The minimum atomic E-state index is -0.297. The van der Waals surface area contributed by atoms with Crippen molar-refractivity contribution in [2.24, 2.45) is 0 Å². The molecule has 1 aliphatic rings. The van der Waals surface area contributed by atoms with E-state index in [0.717, 1.165) is 18.4 Å². The van der Waals surface area contributed by atoms with E-state index in [1.807, 2.05) is 17.0 Å². The number of halogens is 1. The van der Waals surface area contributed by atoms with Gasteiger partial charge in [-0.05, 0) is 72.9 Å². The monoisotopic (exact) mass is 478 g/mol. The number of urea groups is 1. The van der Waals surface area contributed by atoms with E-state index in [1.54, 1.807) is 49.4 Å². The van der Waals surface area contributed by atoms with Crippen LogP contribution in [0, 0.1) is 0 Å². The molecule has 4 rings (SSSR count). The number of benzene rings is 3. The number of hydrogen-bond acceptors (Lipinski definition) is 4. The van der Waals surface area contributed by atoms with Gasteiger partial charge in [-0.1, -0.05) is 41.9 Å². The lowest BCUT2D eigenvalue weighted by atomic mass is 10.0. The number of esters is 1. The van der Waals surface area contributed by atoms with Crippen molar-refractivity contribution in [3.63, 3.8) is 0 Å². The summed E-state index contributed by atoms with van der Waals surface area (Å²) in [5.41, 5.74) is 4.07. The lowest BCUT2D eigenvalue weighted by molar-refractivity contribution is -0.142. The van der Waals surface area contributed by atoms with Crippen molar-refractivity contribution in [1.29, 1.82) is 0 Å². The lowest BCUT2D eigenvalue weighted by Gasteiger charge is -2.21. The normalized spacial score (nSPS) is 12.9. The topological polar surface area (TPSA) is 67.9 Å². The molecule has 176 valence electrons. The maximum Gasteiger partial charge on any atom is 0.321 e. The summed E-state index contributed by atoms with van der Waals surface area (Å²) >= 11 is 6.33. The highest BCUT2D eigenvalue weighted by Gasteiger charge is 2.18. The van der Waals surface area contributed by atoms with E-state index in [9.17, 15) is 9.59 Å². The summed E-state index contributed by atoms with van der Waals surface area (Å²) in [6.45, 7) is 3.49. The minimum Gasteiger partial charge on any atom is -0.466 e. The second-order valence-corrected chi connectivity index (χ2v) is 8.47. The van der Waals surface area contributed by atoms with Gasteiger partial charge in [0.15, 0.2) is 0 Å². The molecule has 0 spiro atoms. The molecule has 1 aliphatic heterocycles. The molecule has 0 saturated heterocycles. The Kier molecular flexibility index (Phi) is 7.70. The molecule has 0 radical (unpaired) electrons. The first-order chi connectivity index (χ1) is 16.5. The second-order valence-electron chi connectivity index (χ2n) is 8.06. The predicted octanol–water partition coefficient (Wildman–Crippen LogP) is 5.87. The van der Waals surface area contributed by atoms with Crippen molar-refractivity contribution < 1.29 is 19.1 Å². The fraction of sp³-hybridized carbons (Fsp3) is 0.259. The average Bonchev–Trinajstić information content (AvgIpc) is 3.05. The van der Waals surface area contributed by atoms with E-state index >= 15 is 0 Å². The van der Waals surface area contributed by atoms with Crippen molar-refractivity contribution in [2.45, 2.75) is 26.2 Å². The number of carbonyl (C=O) groups is 2. The molecule has 6 nitrogen and oxygen atoms in total. The fourth-order valence-electron chi connectivity index (χ4n) is 3.92. The number of nitrogens with zero attached hydrogens (tertiary/aromatic N) is 1. The van der Waals surface area contributed by atoms with Crippen LogP contribution in [-0.2, 0) is 28.8 Å². The van der Waals surface area contributed by atoms with Gasteiger partial charge in [0.2, 0.25) is 0 Å². The van der Waals surface area contributed by atoms with Gasteiger partial charge in [0.25, 0.3) is 0 Å². The van der Waals surface area contributed by atoms with E-state index in [-0.39, 0.29) is 18.4 Å². The van der Waals surface area contributed by atoms with E-state index < -0.39 is 0 Å². The van der Waals surface area contributed by atoms with Gasteiger partial charge >= 0.3 is 12.0 Å². The van der Waals surface area contributed by atoms with Crippen LogP contribution in [0.15, 0.2) is 66.7 Å². The summed E-state index contributed by atoms with van der Waals surface area (Å²) in [4.78, 5) is 26.3. The predicted molar refractivity (Wildman–Crippen MR) is 133 cm³/mol. The average molecular weight is 479 g/mol. The molecule has 3 aromatic rings. The zero-order chi connectivity index (χ0) is 23.9. The maximum atomic E-state index is 12.8. The Bertz CT molecular complexity index is 1140. The van der Waals surface area contributed by atoms with E-state index in [2.05, 4.69) is 17.4 Å². The Labute approximate surface area is 204 Å². The van der Waals surface area contributed by atoms with E-state index in [0.29, 0.717) is 41.9 Å². The number of ether oxygens (including phenoxy) is 2. The van der Waals surface area contributed by atoms with Crippen molar-refractivity contribution in [2.75, 3.05) is 25.0 Å². The summed E-state index contributed by atoms with van der Waals surface area (Å²) in [7, 11) is 0. The quantitative estimate of drug-likeness (QED) is 0.450. The van der Waals surface area contributed by atoms with Crippen LogP contribution < -0.4 is 10.1 Å². The van der Waals surface area contributed by atoms with Crippen LogP contribution in [0.4, 0.5) is 10.5 Å². The number of hydrogen-bond donors (Lipinski definition) is 1. The molecule has 1 N–H and O–H groups in total. The zero-order valence-corrected chi connectivity index (χ0v) is 19.8. The van der Waals surface area contributed by atoms with Crippen molar-refractivity contribution in [3.8, 4) is 11.5 Å². The van der Waals surface area contributed by atoms with E-state index in [4.69, 9.17) is 21.1 Å². The Morgan fingerprint density at radius 3 is 2.26 bits per heavy atom. The number of fused-ring (bicyclic) bond motifs is 1. The highest BCUT2D eigenvalue weighted by Crippen LogP contribution is 2.31. The van der Waals surface area contributed by atoms with Gasteiger partial charge in [0, 0.05) is 18.8 Å². The molecule has 0 bridgehead atoms. The molecule has 1 heterocycles. The Balaban J connectivity index is 1.33. The number of amides is 2. The maximum absolute atomic E-state index is 12.8. The molecular weight excluding hydrogens is 452 g/mol. The summed E-state index contributed by atoms with van der Waals surface area (Å²) < 4.78 is 10.8. The second kappa shape index (κ2) is 11.1. The molecule has 0 unspecified atom stereocenters. The van der Waals surface area contributed by atoms with Crippen molar-refractivity contribution in [3.05, 3.63) is 88.4 Å². The molecule has 3 aromatic carbocycles. The van der Waals surface area contributed by atoms with Crippen LogP contribution in [0.5, 0.6) is 11.5 Å². The summed E-state index contributed by atoms with van der Waals surface area (Å²) in [5.74, 6) is 0.771. The number of anilines is 1. The van der Waals surface area contributed by atoms with Gasteiger partial charge in [0.1, 0.15) is 11.5 Å². The number of rotatable bonds is 6. The third kappa shape index (κ3) is 6.08. The number of nitrogens with one attached hydrogen (secondary N) is 1. The third-order valence-electron chi connectivity index (χ3n) is 5.69. The molecule has 0 saturated carbocycles. The van der Waals surface area contributed by atoms with Crippen LogP contribution in [0.3, 0.4) is 0 Å². The van der Waals surface area contributed by atoms with Crippen LogP contribution in [0.1, 0.15) is 23.6 Å². The van der Waals surface area contributed by atoms with E-state index in [1.165, 1.54) is 11.1 Å². The highest BCUT2D eigenvalue weighted by molar-refractivity contribution is 6.32. The molecule has 7 heteroatoms. The van der Waals surface area contributed by atoms with Gasteiger partial charge in [-0.15, -0.1) is 0 Å². The Morgan fingerprint density at radius 2 is 1.65 bits per heavy atom. The summed E-state index contributed by atoms with van der Waals surface area (Å²) in [5, 5.41) is 3.37. The van der Waals surface area contributed by atoms with Gasteiger partial charge < -0.3 is 19.7 Å². The minimum absolute atomic E-state index is 0.110. The Hall–Kier alpha value is -3.51. The number of carbonyl (C=O) groups excluding carboxylic acids is 2. The lowest BCUT2D eigenvalue weighted by Crippen LogP contribution is -2.36. The molecule has 0 aliphatic carbocycles. The highest BCUT2D eigenvalue weighted by atomic mass is 35.5. The molecule has 2 amide bonds. The Morgan fingerprint density at radius 1 is 0.971 bits per heavy atom. The van der Waals surface area contributed by atoms with Gasteiger partial charge in [-0.3, -0.25) is 4.79 Å². The smallest absolute Gasteiger partial charge is 0.321 e. The zero-order valence-electron chi connectivity index (χ0n) is 19.1. The first-order valence-corrected chi connectivity index (χ1v) is 11.7. The molecule has 0 fully saturated rings. The molecule has 0 atom stereocenters. The fourth-order valence-corrected chi connectivity index (χ4v) is 4.16. The van der Waals surface area contributed by atoms with Gasteiger partial charge in [-0.25, -0.2) is 4.79 Å². The van der Waals surface area contributed by atoms with Gasteiger partial charge in [0.05, 0.1) is 18.1 Å². The van der Waals surface area contributed by atoms with Gasteiger partial charge in [-0.2, -0.15) is 0 Å². The summed E-state index contributed by atoms with van der Waals surface area (Å²) in [6, 6.07) is 20.6. The van der Waals surface area contributed by atoms with Crippen molar-refractivity contribution >= 4 is 29.3 Å². The molecule has 0 aromatic heterocycles. The first-order valence-electron chi connectivity index (χ1n) is 11.4. The molecule has 34 heavy (non-hydrogen) atoms. The van der Waals surface area contributed by atoms with Crippen molar-refractivity contribution in [1.82, 2.24) is 4.90 Å². The standard InChI is InChI=1S/C27H27ClN2O4/c1-2-33-26(31)18-19-7-12-25(24(28)17-19)34-23-10-8-22(9-11-23)29-27(32)30-15-13-20-5-3-4-6-21(20)14-16-30/h3-12,17H,2,13-16,18H2,1H3,(H,29,32). The van der Waals surface area contributed by atoms with Crippen LogP contribution >= 0.6 is 11.6 Å². The molecular formula is C27H27ClN2O4. The van der Waals surface area contributed by atoms with Crippen LogP contribution in [-0.4, -0.2) is 36.6 Å². The third-order valence-corrected chi connectivity index (χ3v) is 5.99. The first kappa shape index (κ1) is 23.6. The summed E-state index contributed by atoms with van der Waals surface area (Å²) in [6.07, 6.45) is 1.87. The van der Waals surface area contributed by atoms with Crippen LogP contribution in [0.25, 0.3) is 0 Å². The SMILES string of the molecule is CCOC(=O)Cc1ccc(Oc2ccc(NC(=O)N3CCc4ccccc4CC3)cc2)c(Cl)c1. The van der Waals surface area contributed by atoms with Crippen LogP contribution in [0.2, 0.25) is 5.02 Å².